The SMILES string of the molecule is [CH2]CCCC(CCCCCCCC)CCCCCCCCCCCCCCCCCCCCCCC. The van der Waals surface area contributed by atoms with Crippen molar-refractivity contribution < 1.29 is 0 Å². The molecule has 0 aromatic carbocycles. The molecule has 0 aromatic rings. The van der Waals surface area contributed by atoms with E-state index in [1.165, 1.54) is 199 Å². The van der Waals surface area contributed by atoms with Crippen molar-refractivity contribution in [3.63, 3.8) is 0 Å². The van der Waals surface area contributed by atoms with Crippen LogP contribution in [-0.2, 0) is 0 Å². The highest BCUT2D eigenvalue weighted by atomic mass is 14.1. The fourth-order valence-electron chi connectivity index (χ4n) is 5.94. The lowest BCUT2D eigenvalue weighted by atomic mass is 9.90. The van der Waals surface area contributed by atoms with E-state index >= 15 is 0 Å². The van der Waals surface area contributed by atoms with Gasteiger partial charge in [-0.05, 0) is 5.92 Å². The zero-order chi connectivity index (χ0) is 26.2. The molecule has 1 radical (unpaired) electrons. The highest BCUT2D eigenvalue weighted by Crippen LogP contribution is 2.24. The van der Waals surface area contributed by atoms with Gasteiger partial charge >= 0.3 is 0 Å². The summed E-state index contributed by atoms with van der Waals surface area (Å²) in [7, 11) is 0. The summed E-state index contributed by atoms with van der Waals surface area (Å²) in [5.41, 5.74) is 0. The van der Waals surface area contributed by atoms with E-state index < -0.39 is 0 Å². The zero-order valence-electron chi connectivity index (χ0n) is 25.9. The van der Waals surface area contributed by atoms with Crippen LogP contribution in [0.15, 0.2) is 0 Å². The van der Waals surface area contributed by atoms with Crippen LogP contribution in [0.3, 0.4) is 0 Å². The Labute approximate surface area is 232 Å². The first-order chi connectivity index (χ1) is 17.8. The Morgan fingerprint density at radius 1 is 0.306 bits per heavy atom. The monoisotopic (exact) mass is 506 g/mol. The predicted octanol–water partition coefficient (Wildman–Crippen LogP) is 14.0. The van der Waals surface area contributed by atoms with Crippen molar-refractivity contribution in [2.75, 3.05) is 0 Å². The molecule has 0 aliphatic heterocycles. The summed E-state index contributed by atoms with van der Waals surface area (Å²) in [6, 6.07) is 0. The van der Waals surface area contributed by atoms with Crippen molar-refractivity contribution in [3.05, 3.63) is 6.92 Å². The van der Waals surface area contributed by atoms with Crippen LogP contribution in [0.2, 0.25) is 0 Å². The highest BCUT2D eigenvalue weighted by molar-refractivity contribution is 4.62. The van der Waals surface area contributed by atoms with Crippen molar-refractivity contribution >= 4 is 0 Å². The van der Waals surface area contributed by atoms with Crippen molar-refractivity contribution in [1.82, 2.24) is 0 Å². The molecule has 0 saturated heterocycles. The molecule has 0 heteroatoms. The molecule has 0 fully saturated rings. The lowest BCUT2D eigenvalue weighted by Gasteiger charge is -2.16. The first kappa shape index (κ1) is 36.0. The molecule has 217 valence electrons. The van der Waals surface area contributed by atoms with Crippen molar-refractivity contribution in [2.24, 2.45) is 5.92 Å². The first-order valence-electron chi connectivity index (χ1n) is 17.6. The maximum atomic E-state index is 4.08. The van der Waals surface area contributed by atoms with E-state index in [9.17, 15) is 0 Å². The van der Waals surface area contributed by atoms with E-state index in [1.807, 2.05) is 0 Å². The Kier molecular flexibility index (Phi) is 33.0. The Morgan fingerprint density at radius 3 is 0.778 bits per heavy atom. The molecule has 0 amide bonds. The van der Waals surface area contributed by atoms with E-state index in [4.69, 9.17) is 0 Å². The minimum Gasteiger partial charge on any atom is -0.0654 e. The van der Waals surface area contributed by atoms with Gasteiger partial charge in [0.25, 0.3) is 0 Å². The van der Waals surface area contributed by atoms with Gasteiger partial charge in [-0.1, -0.05) is 226 Å². The molecule has 0 aliphatic carbocycles. The van der Waals surface area contributed by atoms with Gasteiger partial charge in [-0.15, -0.1) is 0 Å². The molecule has 0 aliphatic rings. The number of hydrogen-bond donors (Lipinski definition) is 0. The van der Waals surface area contributed by atoms with Gasteiger partial charge in [0.1, 0.15) is 0 Å². The molecule has 0 spiro atoms. The van der Waals surface area contributed by atoms with E-state index in [2.05, 4.69) is 20.8 Å². The summed E-state index contributed by atoms with van der Waals surface area (Å²) in [6.07, 6.45) is 46.6. The van der Waals surface area contributed by atoms with Crippen LogP contribution in [0, 0.1) is 12.8 Å². The minimum atomic E-state index is 0.998. The molecular formula is C36H73. The summed E-state index contributed by atoms with van der Waals surface area (Å²) in [5.74, 6) is 0.998. The molecule has 1 atom stereocenters. The van der Waals surface area contributed by atoms with E-state index in [0.717, 1.165) is 12.3 Å². The van der Waals surface area contributed by atoms with Gasteiger partial charge in [0, 0.05) is 0 Å². The first-order valence-corrected chi connectivity index (χ1v) is 17.6. The van der Waals surface area contributed by atoms with E-state index in [1.54, 1.807) is 0 Å². The van der Waals surface area contributed by atoms with Crippen LogP contribution in [-0.4, -0.2) is 0 Å². The average molecular weight is 506 g/mol. The maximum absolute atomic E-state index is 4.08. The topological polar surface area (TPSA) is 0 Å². The number of rotatable bonds is 32. The normalized spacial score (nSPS) is 12.4. The predicted molar refractivity (Wildman–Crippen MR) is 168 cm³/mol. The fourth-order valence-corrected chi connectivity index (χ4v) is 5.94. The van der Waals surface area contributed by atoms with Gasteiger partial charge in [-0.3, -0.25) is 0 Å². The Morgan fingerprint density at radius 2 is 0.528 bits per heavy atom. The second-order valence-corrected chi connectivity index (χ2v) is 12.3. The minimum absolute atomic E-state index is 0.998. The summed E-state index contributed by atoms with van der Waals surface area (Å²) in [5, 5.41) is 0. The second kappa shape index (κ2) is 33.0. The van der Waals surface area contributed by atoms with Crippen LogP contribution in [0.25, 0.3) is 0 Å². The van der Waals surface area contributed by atoms with Crippen LogP contribution < -0.4 is 0 Å². The van der Waals surface area contributed by atoms with Crippen molar-refractivity contribution in [2.45, 2.75) is 219 Å². The Balaban J connectivity index is 3.32. The van der Waals surface area contributed by atoms with Gasteiger partial charge < -0.3 is 0 Å². The second-order valence-electron chi connectivity index (χ2n) is 12.3. The summed E-state index contributed by atoms with van der Waals surface area (Å²) in [6.45, 7) is 8.70. The number of hydrogen-bond acceptors (Lipinski definition) is 0. The van der Waals surface area contributed by atoms with Crippen LogP contribution in [0.1, 0.15) is 219 Å². The van der Waals surface area contributed by atoms with Gasteiger partial charge in [0.15, 0.2) is 0 Å². The maximum Gasteiger partial charge on any atom is -0.0414 e. The molecule has 0 heterocycles. The van der Waals surface area contributed by atoms with Gasteiger partial charge in [-0.2, -0.15) is 0 Å². The van der Waals surface area contributed by atoms with E-state index in [0.29, 0.717) is 0 Å². The van der Waals surface area contributed by atoms with Gasteiger partial charge in [0.2, 0.25) is 0 Å². The molecule has 0 N–H and O–H groups in total. The van der Waals surface area contributed by atoms with Gasteiger partial charge in [-0.25, -0.2) is 0 Å². The lowest BCUT2D eigenvalue weighted by Crippen LogP contribution is -2.01. The summed E-state index contributed by atoms with van der Waals surface area (Å²) in [4.78, 5) is 0. The van der Waals surface area contributed by atoms with Crippen LogP contribution in [0.4, 0.5) is 0 Å². The fraction of sp³-hybridized carbons (Fsp3) is 0.972. The molecule has 0 rings (SSSR count). The molecule has 0 nitrogen and oxygen atoms in total. The van der Waals surface area contributed by atoms with Crippen molar-refractivity contribution in [3.8, 4) is 0 Å². The molecule has 36 heavy (non-hydrogen) atoms. The molecule has 0 aromatic heterocycles. The molecule has 0 bridgehead atoms. The lowest BCUT2D eigenvalue weighted by molar-refractivity contribution is 0.372. The summed E-state index contributed by atoms with van der Waals surface area (Å²) >= 11 is 0. The molecular weight excluding hydrogens is 432 g/mol. The van der Waals surface area contributed by atoms with Gasteiger partial charge in [0.05, 0.1) is 0 Å². The average Bonchev–Trinajstić information content (AvgIpc) is 2.89. The van der Waals surface area contributed by atoms with E-state index in [-0.39, 0.29) is 0 Å². The molecule has 0 saturated carbocycles. The van der Waals surface area contributed by atoms with Crippen LogP contribution in [0.5, 0.6) is 0 Å². The van der Waals surface area contributed by atoms with Crippen LogP contribution >= 0.6 is 0 Å². The van der Waals surface area contributed by atoms with Crippen molar-refractivity contribution in [1.29, 1.82) is 0 Å². The Hall–Kier alpha value is 0. The smallest absolute Gasteiger partial charge is 0.0414 e. The number of unbranched alkanes of at least 4 members (excludes halogenated alkanes) is 26. The third kappa shape index (κ3) is 30.2. The quantitative estimate of drug-likeness (QED) is 0.0797. The third-order valence-corrected chi connectivity index (χ3v) is 8.54. The Bertz CT molecular complexity index is 359. The molecule has 1 unspecified atom stereocenters. The third-order valence-electron chi connectivity index (χ3n) is 8.54. The largest absolute Gasteiger partial charge is 0.0654 e. The standard InChI is InChI=1S/C36H73/c1-4-7-10-12-14-15-16-17-18-19-20-21-22-23-24-25-26-27-28-30-32-35-36(33-9-6-3)34-31-29-13-11-8-5-2/h36H,3-35H2,1-2H3. The summed E-state index contributed by atoms with van der Waals surface area (Å²) < 4.78 is 0. The zero-order valence-corrected chi connectivity index (χ0v) is 25.9. The highest BCUT2D eigenvalue weighted by Gasteiger charge is 2.08.